The van der Waals surface area contributed by atoms with Crippen LogP contribution in [0, 0.1) is 0 Å². The number of hydrogen-bond acceptors (Lipinski definition) is 1. The average molecular weight is 222 g/mol. The number of hydrogen-bond donors (Lipinski definition) is 0. The molecule has 0 aromatic heterocycles. The van der Waals surface area contributed by atoms with Crippen LogP contribution in [0.3, 0.4) is 0 Å². The van der Waals surface area contributed by atoms with E-state index in [2.05, 4.69) is 22.5 Å². The van der Waals surface area contributed by atoms with Gasteiger partial charge in [-0.15, -0.1) is 0 Å². The van der Waals surface area contributed by atoms with Crippen LogP contribution in [-0.2, 0) is 20.9 Å². The van der Waals surface area contributed by atoms with Crippen LogP contribution in [0.1, 0.15) is 27.7 Å². The maximum atomic E-state index is 3.97. The molecular formula is C7H17N2Nb-. The Morgan fingerprint density at radius 1 is 1.30 bits per heavy atom. The molecular weight excluding hydrogens is 205 g/mol. The first-order valence-corrected chi connectivity index (χ1v) is 4.64. The molecule has 61 valence electrons. The Morgan fingerprint density at radius 3 is 1.60 bits per heavy atom. The van der Waals surface area contributed by atoms with Crippen LogP contribution in [-0.4, -0.2) is 19.1 Å². The molecule has 3 heteroatoms. The van der Waals surface area contributed by atoms with Crippen molar-refractivity contribution in [3.63, 3.8) is 0 Å². The molecule has 0 N–H and O–H groups in total. The Bertz CT molecular complexity index is 62.6. The van der Waals surface area contributed by atoms with E-state index >= 15 is 0 Å². The number of nitrogens with zero attached hydrogens (tertiary/aromatic N) is 2. The molecule has 0 aromatic rings. The van der Waals surface area contributed by atoms with E-state index in [0.717, 1.165) is 13.1 Å². The average Bonchev–Trinajstić information content (AvgIpc) is 1.91. The largest absolute Gasteiger partial charge is 0.663 e. The fourth-order valence-electron chi connectivity index (χ4n) is 0.224. The van der Waals surface area contributed by atoms with Crippen molar-refractivity contribution in [3.8, 4) is 0 Å². The molecule has 10 heavy (non-hydrogen) atoms. The Balaban J connectivity index is 0. The summed E-state index contributed by atoms with van der Waals surface area (Å²) < 4.78 is 3.94. The summed E-state index contributed by atoms with van der Waals surface area (Å²) in [6.45, 7) is 10.2. The first kappa shape index (κ1) is 13.1. The van der Waals surface area contributed by atoms with Crippen LogP contribution in [0.5, 0.6) is 0 Å². The normalized spacial score (nSPS) is 8.40. The molecule has 0 aliphatic rings. The van der Waals surface area contributed by atoms with Gasteiger partial charge in [-0.05, 0) is 0 Å². The SMILES string of the molecule is CC(C)[N]=[Nb].CC[N-]CC. The Kier molecular flexibility index (Phi) is 16.0. The Morgan fingerprint density at radius 2 is 1.60 bits per heavy atom. The van der Waals surface area contributed by atoms with Crippen LogP contribution in [0.15, 0.2) is 3.34 Å². The van der Waals surface area contributed by atoms with Crippen molar-refractivity contribution in [2.24, 2.45) is 3.34 Å². The summed E-state index contributed by atoms with van der Waals surface area (Å²) in [4.78, 5) is 0. The van der Waals surface area contributed by atoms with Gasteiger partial charge in [0.2, 0.25) is 0 Å². The zero-order valence-electron chi connectivity index (χ0n) is 7.33. The quantitative estimate of drug-likeness (QED) is 0.656. The van der Waals surface area contributed by atoms with Gasteiger partial charge in [0.05, 0.1) is 0 Å². The minimum Gasteiger partial charge on any atom is -0.663 e. The standard InChI is InChI=1S/C4H10N.C3H7N.Nb/c1-3-5-4-2;1-3(2)4;/h3-4H2,1-2H3;3H,1-2H3;/q-1;;. The summed E-state index contributed by atoms with van der Waals surface area (Å²) in [7, 11) is 0. The molecule has 0 radical (unpaired) electrons. The third-order valence-electron chi connectivity index (χ3n) is 0.678. The van der Waals surface area contributed by atoms with Crippen LogP contribution in [0.4, 0.5) is 0 Å². The molecule has 0 aliphatic carbocycles. The molecule has 0 unspecified atom stereocenters. The summed E-state index contributed by atoms with van der Waals surface area (Å²) in [5, 5.41) is 3.97. The fraction of sp³-hybridized carbons (Fsp3) is 1.00. The van der Waals surface area contributed by atoms with Gasteiger partial charge in [0, 0.05) is 0 Å². The van der Waals surface area contributed by atoms with E-state index in [1.165, 1.54) is 20.9 Å². The van der Waals surface area contributed by atoms with Crippen molar-refractivity contribution < 1.29 is 20.9 Å². The zero-order chi connectivity index (χ0) is 8.41. The second-order valence-electron chi connectivity index (χ2n) is 2.07. The molecule has 0 aliphatic heterocycles. The third kappa shape index (κ3) is 23.6. The number of rotatable bonds is 3. The van der Waals surface area contributed by atoms with Crippen molar-refractivity contribution in [3.05, 3.63) is 5.32 Å². The Labute approximate surface area is 76.6 Å². The maximum absolute atomic E-state index is 3.97. The summed E-state index contributed by atoms with van der Waals surface area (Å²) >= 11 is 1.53. The topological polar surface area (TPSA) is 26.5 Å². The van der Waals surface area contributed by atoms with E-state index in [-0.39, 0.29) is 0 Å². The van der Waals surface area contributed by atoms with E-state index in [0.29, 0.717) is 6.04 Å². The van der Waals surface area contributed by atoms with Crippen molar-refractivity contribution in [1.29, 1.82) is 0 Å². The predicted octanol–water partition coefficient (Wildman–Crippen LogP) is 2.53. The smallest absolute Gasteiger partial charge is 0.0844 e. The summed E-state index contributed by atoms with van der Waals surface area (Å²) in [5.74, 6) is 0. The van der Waals surface area contributed by atoms with Crippen LogP contribution < -0.4 is 0 Å². The van der Waals surface area contributed by atoms with E-state index in [9.17, 15) is 0 Å². The van der Waals surface area contributed by atoms with Gasteiger partial charge in [-0.2, -0.15) is 13.1 Å². The molecule has 0 aromatic carbocycles. The van der Waals surface area contributed by atoms with Crippen LogP contribution in [0.2, 0.25) is 0 Å². The van der Waals surface area contributed by atoms with Crippen LogP contribution >= 0.6 is 0 Å². The molecule has 0 atom stereocenters. The Hall–Kier alpha value is 0.500. The fourth-order valence-corrected chi connectivity index (χ4v) is 0.224. The first-order chi connectivity index (χ1) is 4.68. The minimum absolute atomic E-state index is 0.531. The van der Waals surface area contributed by atoms with Gasteiger partial charge >= 0.3 is 44.1 Å². The van der Waals surface area contributed by atoms with Crippen molar-refractivity contribution in [2.75, 3.05) is 13.1 Å². The first-order valence-electron chi connectivity index (χ1n) is 3.66. The van der Waals surface area contributed by atoms with Gasteiger partial charge in [0.25, 0.3) is 0 Å². The van der Waals surface area contributed by atoms with Crippen molar-refractivity contribution >= 4 is 0 Å². The van der Waals surface area contributed by atoms with Gasteiger partial charge in [-0.1, -0.05) is 13.8 Å². The third-order valence-corrected chi connectivity index (χ3v) is 1.81. The van der Waals surface area contributed by atoms with E-state index < -0.39 is 0 Å². The second kappa shape index (κ2) is 12.2. The van der Waals surface area contributed by atoms with Crippen LogP contribution in [0.25, 0.3) is 5.32 Å². The summed E-state index contributed by atoms with van der Waals surface area (Å²) in [6.07, 6.45) is 0. The van der Waals surface area contributed by atoms with Crippen molar-refractivity contribution in [2.45, 2.75) is 33.7 Å². The molecule has 0 rings (SSSR count). The van der Waals surface area contributed by atoms with E-state index in [1.807, 2.05) is 13.8 Å². The molecule has 2 nitrogen and oxygen atoms in total. The minimum atomic E-state index is 0.531. The van der Waals surface area contributed by atoms with Gasteiger partial charge in [-0.25, -0.2) is 0 Å². The molecule has 0 bridgehead atoms. The second-order valence-corrected chi connectivity index (χ2v) is 2.63. The van der Waals surface area contributed by atoms with E-state index in [1.54, 1.807) is 0 Å². The molecule has 0 amide bonds. The van der Waals surface area contributed by atoms with Crippen molar-refractivity contribution in [1.82, 2.24) is 0 Å². The molecule has 0 saturated carbocycles. The summed E-state index contributed by atoms with van der Waals surface area (Å²) in [6, 6.07) is 0.531. The molecule has 0 spiro atoms. The molecule has 0 saturated heterocycles. The molecule has 0 heterocycles. The monoisotopic (exact) mass is 222 g/mol. The predicted molar refractivity (Wildman–Crippen MR) is 42.0 cm³/mol. The zero-order valence-corrected chi connectivity index (χ0v) is 9.53. The van der Waals surface area contributed by atoms with Gasteiger partial charge < -0.3 is 5.32 Å². The summed E-state index contributed by atoms with van der Waals surface area (Å²) in [5.41, 5.74) is 0. The van der Waals surface area contributed by atoms with Gasteiger partial charge in [0.1, 0.15) is 0 Å². The van der Waals surface area contributed by atoms with Gasteiger partial charge in [-0.3, -0.25) is 0 Å². The maximum Gasteiger partial charge on any atom is -0.0844 e. The molecule has 0 fully saturated rings. The van der Waals surface area contributed by atoms with E-state index in [4.69, 9.17) is 0 Å². The van der Waals surface area contributed by atoms with Gasteiger partial charge in [0.15, 0.2) is 0 Å².